The van der Waals surface area contributed by atoms with E-state index in [1.54, 1.807) is 18.0 Å². The van der Waals surface area contributed by atoms with Gasteiger partial charge in [-0.15, -0.1) is 0 Å². The Labute approximate surface area is 125 Å². The lowest BCUT2D eigenvalue weighted by molar-refractivity contribution is -0.132. The number of nitrogens with zero attached hydrogens (tertiary/aromatic N) is 1. The smallest absolute Gasteiger partial charge is 0.263 e. The number of likely N-dealkylation sites (N-methyl/N-ethyl adjacent to an activating group) is 1. The lowest BCUT2D eigenvalue weighted by Crippen LogP contribution is -2.30. The minimum Gasteiger partial charge on any atom is -0.479 e. The molecule has 4 nitrogen and oxygen atoms in total. The van der Waals surface area contributed by atoms with Gasteiger partial charge in [-0.1, -0.05) is 37.6 Å². The van der Waals surface area contributed by atoms with Gasteiger partial charge in [0.2, 0.25) is 0 Å². The zero-order valence-corrected chi connectivity index (χ0v) is 12.9. The molecule has 1 fully saturated rings. The predicted molar refractivity (Wildman–Crippen MR) is 80.1 cm³/mol. The first-order valence-electron chi connectivity index (χ1n) is 6.91. The quantitative estimate of drug-likeness (QED) is 0.907. The molecule has 20 heavy (non-hydrogen) atoms. The fourth-order valence-electron chi connectivity index (χ4n) is 2.18. The molecule has 5 heteroatoms. The molecule has 2 rings (SSSR count). The number of benzene rings is 1. The lowest BCUT2D eigenvalue weighted by Gasteiger charge is -2.18. The molecule has 1 aromatic rings. The van der Waals surface area contributed by atoms with Crippen LogP contribution in [-0.2, 0) is 11.3 Å². The number of carbonyl (C=O) groups excluding carboxylic acids is 1. The highest BCUT2D eigenvalue weighted by Gasteiger charge is 2.31. The summed E-state index contributed by atoms with van der Waals surface area (Å²) in [6.45, 7) is 5.57. The average molecular weight is 297 g/mol. The Bertz CT molecular complexity index is 491. The first-order chi connectivity index (χ1) is 9.49. The van der Waals surface area contributed by atoms with Crippen LogP contribution in [0.3, 0.4) is 0 Å². The van der Waals surface area contributed by atoms with Gasteiger partial charge in [0.1, 0.15) is 5.75 Å². The number of nitrogens with one attached hydrogen (secondary N) is 1. The summed E-state index contributed by atoms with van der Waals surface area (Å²) in [7, 11) is 1.79. The van der Waals surface area contributed by atoms with E-state index < -0.39 is 6.10 Å². The predicted octanol–water partition coefficient (Wildman–Crippen LogP) is 2.45. The van der Waals surface area contributed by atoms with E-state index in [1.165, 1.54) is 0 Å². The summed E-state index contributed by atoms with van der Waals surface area (Å²) >= 11 is 6.23. The summed E-state index contributed by atoms with van der Waals surface area (Å²) in [5.41, 5.74) is 0.980. The first-order valence-corrected chi connectivity index (χ1v) is 7.29. The highest BCUT2D eigenvalue weighted by atomic mass is 35.5. The van der Waals surface area contributed by atoms with Crippen molar-refractivity contribution >= 4 is 17.5 Å². The molecule has 1 amide bonds. The maximum atomic E-state index is 11.9. The molecule has 0 aromatic heterocycles. The summed E-state index contributed by atoms with van der Waals surface area (Å²) in [6.07, 6.45) is 0.287. The number of halogens is 1. The third-order valence-electron chi connectivity index (χ3n) is 3.39. The molecule has 1 aliphatic heterocycles. The zero-order valence-electron chi connectivity index (χ0n) is 12.1. The maximum Gasteiger partial charge on any atom is 0.263 e. The van der Waals surface area contributed by atoms with Gasteiger partial charge in [0.15, 0.2) is 6.10 Å². The van der Waals surface area contributed by atoms with Gasteiger partial charge in [0.05, 0.1) is 5.02 Å². The van der Waals surface area contributed by atoms with Crippen molar-refractivity contribution in [2.75, 3.05) is 13.6 Å². The molecule has 1 aliphatic rings. The molecular weight excluding hydrogens is 276 g/mol. The number of para-hydroxylation sites is 1. The van der Waals surface area contributed by atoms with E-state index in [0.29, 0.717) is 29.8 Å². The molecule has 0 spiro atoms. The van der Waals surface area contributed by atoms with E-state index in [0.717, 1.165) is 12.1 Å². The molecular formula is C15H21ClN2O2. The number of amides is 1. The van der Waals surface area contributed by atoms with Crippen molar-refractivity contribution in [3.63, 3.8) is 0 Å². The number of carbonyl (C=O) groups is 1. The molecule has 1 N–H and O–H groups in total. The summed E-state index contributed by atoms with van der Waals surface area (Å²) in [5.74, 6) is 0.642. The number of hydrogen-bond acceptors (Lipinski definition) is 3. The van der Waals surface area contributed by atoms with Gasteiger partial charge in [-0.2, -0.15) is 0 Å². The van der Waals surface area contributed by atoms with E-state index in [1.807, 2.05) is 12.1 Å². The van der Waals surface area contributed by atoms with Gasteiger partial charge >= 0.3 is 0 Å². The Morgan fingerprint density at radius 2 is 2.25 bits per heavy atom. The van der Waals surface area contributed by atoms with Gasteiger partial charge in [-0.3, -0.25) is 4.79 Å². The molecule has 1 unspecified atom stereocenters. The Hall–Kier alpha value is -1.26. The summed E-state index contributed by atoms with van der Waals surface area (Å²) in [6, 6.07) is 6.04. The second kappa shape index (κ2) is 6.46. The van der Waals surface area contributed by atoms with Crippen LogP contribution >= 0.6 is 11.6 Å². The fraction of sp³-hybridized carbons (Fsp3) is 0.533. The summed E-state index contributed by atoms with van der Waals surface area (Å²) in [4.78, 5) is 13.6. The fourth-order valence-corrected chi connectivity index (χ4v) is 2.42. The molecule has 0 radical (unpaired) electrons. The van der Waals surface area contributed by atoms with Crippen LogP contribution in [0.5, 0.6) is 5.75 Å². The Morgan fingerprint density at radius 3 is 2.85 bits per heavy atom. The SMILES string of the molecule is CC(C)NCc1cccc(Cl)c1OC1CCN(C)C1=O. The van der Waals surface area contributed by atoms with Gasteiger partial charge in [0, 0.05) is 38.2 Å². The number of likely N-dealkylation sites (tertiary alicyclic amines) is 1. The molecule has 1 heterocycles. The monoisotopic (exact) mass is 296 g/mol. The number of ether oxygens (including phenoxy) is 1. The van der Waals surface area contributed by atoms with Crippen molar-refractivity contribution in [3.05, 3.63) is 28.8 Å². The van der Waals surface area contributed by atoms with Crippen LogP contribution in [0, 0.1) is 0 Å². The molecule has 1 aromatic carbocycles. The molecule has 0 bridgehead atoms. The van der Waals surface area contributed by atoms with Crippen molar-refractivity contribution in [2.45, 2.75) is 39.0 Å². The van der Waals surface area contributed by atoms with Crippen LogP contribution in [0.25, 0.3) is 0 Å². The largest absolute Gasteiger partial charge is 0.479 e. The maximum absolute atomic E-state index is 11.9. The van der Waals surface area contributed by atoms with Crippen LogP contribution in [0.4, 0.5) is 0 Å². The van der Waals surface area contributed by atoms with Crippen molar-refractivity contribution in [3.8, 4) is 5.75 Å². The second-order valence-electron chi connectivity index (χ2n) is 5.42. The summed E-state index contributed by atoms with van der Waals surface area (Å²) in [5, 5.41) is 3.89. The van der Waals surface area contributed by atoms with Crippen molar-refractivity contribution in [1.82, 2.24) is 10.2 Å². The highest BCUT2D eigenvalue weighted by Crippen LogP contribution is 2.31. The van der Waals surface area contributed by atoms with Gasteiger partial charge in [-0.05, 0) is 6.07 Å². The molecule has 0 aliphatic carbocycles. The van der Waals surface area contributed by atoms with Crippen LogP contribution in [-0.4, -0.2) is 36.5 Å². The number of hydrogen-bond donors (Lipinski definition) is 1. The van der Waals surface area contributed by atoms with E-state index in [2.05, 4.69) is 19.2 Å². The zero-order chi connectivity index (χ0) is 14.7. The van der Waals surface area contributed by atoms with Gasteiger partial charge < -0.3 is 15.0 Å². The first kappa shape index (κ1) is 15.1. The van der Waals surface area contributed by atoms with Crippen LogP contribution in [0.1, 0.15) is 25.8 Å². The Kier molecular flexibility index (Phi) is 4.89. The minimum absolute atomic E-state index is 0.0210. The Balaban J connectivity index is 2.15. The molecule has 0 saturated carbocycles. The van der Waals surface area contributed by atoms with E-state index in [-0.39, 0.29) is 5.91 Å². The second-order valence-corrected chi connectivity index (χ2v) is 5.83. The average Bonchev–Trinajstić information content (AvgIpc) is 2.71. The topological polar surface area (TPSA) is 41.6 Å². The van der Waals surface area contributed by atoms with Gasteiger partial charge in [0.25, 0.3) is 5.91 Å². The highest BCUT2D eigenvalue weighted by molar-refractivity contribution is 6.32. The third kappa shape index (κ3) is 3.44. The minimum atomic E-state index is -0.419. The van der Waals surface area contributed by atoms with Crippen molar-refractivity contribution in [2.24, 2.45) is 0 Å². The van der Waals surface area contributed by atoms with Crippen LogP contribution < -0.4 is 10.1 Å². The standard InChI is InChI=1S/C15H21ClN2O2/c1-10(2)17-9-11-5-4-6-12(16)14(11)20-13-7-8-18(3)15(13)19/h4-6,10,13,17H,7-9H2,1-3H3. The van der Waals surface area contributed by atoms with Crippen molar-refractivity contribution in [1.29, 1.82) is 0 Å². The van der Waals surface area contributed by atoms with Crippen molar-refractivity contribution < 1.29 is 9.53 Å². The molecule has 110 valence electrons. The Morgan fingerprint density at radius 1 is 1.50 bits per heavy atom. The summed E-state index contributed by atoms with van der Waals surface area (Å²) < 4.78 is 5.89. The lowest BCUT2D eigenvalue weighted by atomic mass is 10.2. The number of rotatable bonds is 5. The molecule has 1 saturated heterocycles. The molecule has 1 atom stereocenters. The normalized spacial score (nSPS) is 18.9. The van der Waals surface area contributed by atoms with Gasteiger partial charge in [-0.25, -0.2) is 0 Å². The van der Waals surface area contributed by atoms with E-state index in [4.69, 9.17) is 16.3 Å². The van der Waals surface area contributed by atoms with E-state index in [9.17, 15) is 4.79 Å². The van der Waals surface area contributed by atoms with Crippen LogP contribution in [0.15, 0.2) is 18.2 Å². The van der Waals surface area contributed by atoms with Crippen LogP contribution in [0.2, 0.25) is 5.02 Å². The third-order valence-corrected chi connectivity index (χ3v) is 3.69. The van der Waals surface area contributed by atoms with E-state index >= 15 is 0 Å².